The molecule has 0 radical (unpaired) electrons. The minimum Gasteiger partial charge on any atom is -0.208 e. The van der Waals surface area contributed by atoms with Crippen molar-refractivity contribution in [2.24, 2.45) is 0 Å². The predicted octanol–water partition coefficient (Wildman–Crippen LogP) is 13.1. The van der Waals surface area contributed by atoms with Gasteiger partial charge < -0.3 is 0 Å². The van der Waals surface area contributed by atoms with Crippen molar-refractivity contribution in [3.05, 3.63) is 211 Å². The van der Waals surface area contributed by atoms with Crippen molar-refractivity contribution in [2.45, 2.75) is 6.42 Å². The summed E-state index contributed by atoms with van der Waals surface area (Å²) < 4.78 is 0. The SMILES string of the molecule is c1ccc(-c2ccc(-c3cccc4c3Cc3c(-c5ccc(-c6nc(-c7ccccc7)nc(-c7cccc(-c8ccccc8)c7)n6)cc5)cccc3-4)cc2)cc1. The molecule has 0 aliphatic heterocycles. The Labute approximate surface area is 321 Å². The van der Waals surface area contributed by atoms with Crippen LogP contribution in [0.2, 0.25) is 0 Å². The van der Waals surface area contributed by atoms with Gasteiger partial charge >= 0.3 is 0 Å². The first-order valence-electron chi connectivity index (χ1n) is 18.7. The molecule has 0 saturated carbocycles. The first kappa shape index (κ1) is 32.4. The lowest BCUT2D eigenvalue weighted by molar-refractivity contribution is 1.07. The second kappa shape index (κ2) is 14.0. The predicted molar refractivity (Wildman–Crippen MR) is 226 cm³/mol. The van der Waals surface area contributed by atoms with Crippen molar-refractivity contribution >= 4 is 0 Å². The number of aromatic nitrogens is 3. The second-order valence-electron chi connectivity index (χ2n) is 14.0. The zero-order valence-electron chi connectivity index (χ0n) is 30.1. The van der Waals surface area contributed by atoms with E-state index in [2.05, 4.69) is 164 Å². The van der Waals surface area contributed by atoms with E-state index >= 15 is 0 Å². The van der Waals surface area contributed by atoms with E-state index in [9.17, 15) is 0 Å². The zero-order valence-corrected chi connectivity index (χ0v) is 30.1. The molecule has 0 amide bonds. The van der Waals surface area contributed by atoms with Crippen molar-refractivity contribution in [3.63, 3.8) is 0 Å². The third-order valence-corrected chi connectivity index (χ3v) is 10.6. The van der Waals surface area contributed by atoms with Gasteiger partial charge in [-0.15, -0.1) is 0 Å². The molecule has 258 valence electrons. The molecule has 8 aromatic carbocycles. The first-order valence-corrected chi connectivity index (χ1v) is 18.7. The molecule has 10 rings (SSSR count). The summed E-state index contributed by atoms with van der Waals surface area (Å²) >= 11 is 0. The summed E-state index contributed by atoms with van der Waals surface area (Å²) in [5, 5.41) is 0. The molecule has 0 unspecified atom stereocenters. The number of nitrogens with zero attached hydrogens (tertiary/aromatic N) is 3. The third-order valence-electron chi connectivity index (χ3n) is 10.6. The first-order chi connectivity index (χ1) is 27.2. The van der Waals surface area contributed by atoms with Crippen LogP contribution in [0.5, 0.6) is 0 Å². The Morgan fingerprint density at radius 2 is 0.564 bits per heavy atom. The van der Waals surface area contributed by atoms with Crippen molar-refractivity contribution in [1.82, 2.24) is 15.0 Å². The molecule has 0 spiro atoms. The van der Waals surface area contributed by atoms with Gasteiger partial charge in [0.15, 0.2) is 17.5 Å². The Balaban J connectivity index is 0.986. The molecule has 9 aromatic rings. The third kappa shape index (κ3) is 6.22. The molecule has 0 N–H and O–H groups in total. The molecular weight excluding hydrogens is 667 g/mol. The molecule has 0 atom stereocenters. The average molecular weight is 702 g/mol. The van der Waals surface area contributed by atoms with Crippen LogP contribution in [0.1, 0.15) is 11.1 Å². The highest BCUT2D eigenvalue weighted by Gasteiger charge is 2.24. The zero-order chi connectivity index (χ0) is 36.6. The average Bonchev–Trinajstić information content (AvgIpc) is 3.67. The van der Waals surface area contributed by atoms with Gasteiger partial charge in [0.25, 0.3) is 0 Å². The fourth-order valence-electron chi connectivity index (χ4n) is 7.87. The van der Waals surface area contributed by atoms with Gasteiger partial charge in [0, 0.05) is 16.7 Å². The summed E-state index contributed by atoms with van der Waals surface area (Å²) in [6.45, 7) is 0. The Morgan fingerprint density at radius 3 is 1.09 bits per heavy atom. The molecule has 1 aliphatic rings. The van der Waals surface area contributed by atoms with Gasteiger partial charge in [0.1, 0.15) is 0 Å². The fourth-order valence-corrected chi connectivity index (χ4v) is 7.87. The lowest BCUT2D eigenvalue weighted by Gasteiger charge is -2.11. The summed E-state index contributed by atoms with van der Waals surface area (Å²) in [7, 11) is 0. The van der Waals surface area contributed by atoms with E-state index in [-0.39, 0.29) is 0 Å². The largest absolute Gasteiger partial charge is 0.208 e. The highest BCUT2D eigenvalue weighted by Crippen LogP contribution is 2.45. The van der Waals surface area contributed by atoms with Crippen molar-refractivity contribution in [2.75, 3.05) is 0 Å². The number of benzene rings is 8. The number of hydrogen-bond donors (Lipinski definition) is 0. The summed E-state index contributed by atoms with van der Waals surface area (Å²) in [6, 6.07) is 70.7. The van der Waals surface area contributed by atoms with E-state index < -0.39 is 0 Å². The van der Waals surface area contributed by atoms with Gasteiger partial charge in [-0.25, -0.2) is 15.0 Å². The quantitative estimate of drug-likeness (QED) is 0.166. The minimum absolute atomic E-state index is 0.647. The molecular formula is C52H35N3. The van der Waals surface area contributed by atoms with Crippen LogP contribution in [0.4, 0.5) is 0 Å². The minimum atomic E-state index is 0.647. The van der Waals surface area contributed by atoms with Crippen molar-refractivity contribution in [1.29, 1.82) is 0 Å². The summed E-state index contributed by atoms with van der Waals surface area (Å²) in [4.78, 5) is 15.0. The molecule has 0 saturated heterocycles. The van der Waals surface area contributed by atoms with Crippen LogP contribution in [0.15, 0.2) is 200 Å². The van der Waals surface area contributed by atoms with Crippen LogP contribution >= 0.6 is 0 Å². The summed E-state index contributed by atoms with van der Waals surface area (Å²) in [6.07, 6.45) is 0.887. The maximum atomic E-state index is 5.06. The van der Waals surface area contributed by atoms with E-state index in [1.807, 2.05) is 36.4 Å². The standard InChI is InChI=1S/C52H35N3/c1-4-13-35(14-5-1)37-25-27-38(28-26-37)44-21-11-23-46-47-24-12-22-45(49(47)34-48(44)46)39-29-31-41(32-30-39)51-53-50(40-17-8-3-9-18-40)54-52(55-51)43-20-10-19-42(33-43)36-15-6-2-7-16-36/h1-33H,34H2. The summed E-state index contributed by atoms with van der Waals surface area (Å²) in [5.41, 5.74) is 17.9. The normalized spacial score (nSPS) is 11.6. The molecule has 1 heterocycles. The molecule has 1 aliphatic carbocycles. The maximum absolute atomic E-state index is 5.06. The van der Waals surface area contributed by atoms with Gasteiger partial charge in [-0.1, -0.05) is 194 Å². The number of hydrogen-bond acceptors (Lipinski definition) is 3. The van der Waals surface area contributed by atoms with Crippen LogP contribution in [0.25, 0.3) is 89.8 Å². The van der Waals surface area contributed by atoms with Gasteiger partial charge in [0.2, 0.25) is 0 Å². The highest BCUT2D eigenvalue weighted by molar-refractivity contribution is 5.90. The van der Waals surface area contributed by atoms with E-state index in [0.29, 0.717) is 17.5 Å². The van der Waals surface area contributed by atoms with Gasteiger partial charge in [0.05, 0.1) is 0 Å². The monoisotopic (exact) mass is 701 g/mol. The van der Waals surface area contributed by atoms with Crippen LogP contribution in [-0.2, 0) is 6.42 Å². The molecule has 3 nitrogen and oxygen atoms in total. The molecule has 1 aromatic heterocycles. The second-order valence-corrected chi connectivity index (χ2v) is 14.0. The van der Waals surface area contributed by atoms with Crippen LogP contribution in [-0.4, -0.2) is 15.0 Å². The van der Waals surface area contributed by atoms with E-state index in [1.165, 1.54) is 55.6 Å². The van der Waals surface area contributed by atoms with E-state index in [0.717, 1.165) is 34.2 Å². The molecule has 0 bridgehead atoms. The number of rotatable bonds is 7. The Kier molecular flexibility index (Phi) is 8.23. The van der Waals surface area contributed by atoms with Crippen LogP contribution < -0.4 is 0 Å². The Hall–Kier alpha value is -7.23. The lowest BCUT2D eigenvalue weighted by Crippen LogP contribution is -2.00. The van der Waals surface area contributed by atoms with E-state index in [4.69, 9.17) is 15.0 Å². The van der Waals surface area contributed by atoms with Gasteiger partial charge in [-0.2, -0.15) is 0 Å². The smallest absolute Gasteiger partial charge is 0.164 e. The molecule has 3 heteroatoms. The van der Waals surface area contributed by atoms with Gasteiger partial charge in [-0.3, -0.25) is 0 Å². The van der Waals surface area contributed by atoms with Gasteiger partial charge in [-0.05, 0) is 79.2 Å². The maximum Gasteiger partial charge on any atom is 0.164 e. The molecule has 0 fully saturated rings. The fraction of sp³-hybridized carbons (Fsp3) is 0.0192. The van der Waals surface area contributed by atoms with Crippen molar-refractivity contribution < 1.29 is 0 Å². The Bertz CT molecular complexity index is 2790. The highest BCUT2D eigenvalue weighted by atomic mass is 15.0. The lowest BCUT2D eigenvalue weighted by atomic mass is 9.94. The summed E-state index contributed by atoms with van der Waals surface area (Å²) in [5.74, 6) is 1.95. The molecule has 55 heavy (non-hydrogen) atoms. The topological polar surface area (TPSA) is 38.7 Å². The van der Waals surface area contributed by atoms with Crippen LogP contribution in [0.3, 0.4) is 0 Å². The Morgan fingerprint density at radius 1 is 0.236 bits per heavy atom. The van der Waals surface area contributed by atoms with Crippen LogP contribution in [0, 0.1) is 0 Å². The van der Waals surface area contributed by atoms with E-state index in [1.54, 1.807) is 0 Å². The van der Waals surface area contributed by atoms with Crippen molar-refractivity contribution in [3.8, 4) is 89.8 Å². The number of fused-ring (bicyclic) bond motifs is 3.